The SMILES string of the molecule is COc1cccc(CCN2C(=O)c3cccc(N4CCN(C(=O)C(=O)c5ccccc5)CC4)c3C2=O)c1. The first-order valence-corrected chi connectivity index (χ1v) is 12.2. The summed E-state index contributed by atoms with van der Waals surface area (Å²) in [4.78, 5) is 56.6. The summed E-state index contributed by atoms with van der Waals surface area (Å²) in [6, 6.07) is 21.4. The number of rotatable bonds is 7. The van der Waals surface area contributed by atoms with Gasteiger partial charge < -0.3 is 14.5 Å². The smallest absolute Gasteiger partial charge is 0.295 e. The predicted molar refractivity (Wildman–Crippen MR) is 138 cm³/mol. The van der Waals surface area contributed by atoms with Crippen molar-refractivity contribution in [1.29, 1.82) is 0 Å². The molecule has 3 amide bonds. The molecule has 5 rings (SSSR count). The van der Waals surface area contributed by atoms with Gasteiger partial charge in [0.15, 0.2) is 0 Å². The fourth-order valence-corrected chi connectivity index (χ4v) is 4.86. The number of amides is 3. The lowest BCUT2D eigenvalue weighted by Crippen LogP contribution is -2.51. The second kappa shape index (κ2) is 10.3. The Bertz CT molecular complexity index is 1360. The Morgan fingerprint density at radius 3 is 2.30 bits per heavy atom. The molecule has 3 aromatic rings. The molecule has 1 fully saturated rings. The summed E-state index contributed by atoms with van der Waals surface area (Å²) in [7, 11) is 1.60. The molecule has 0 unspecified atom stereocenters. The molecule has 2 aliphatic rings. The molecule has 3 aromatic carbocycles. The first-order chi connectivity index (χ1) is 18.0. The number of nitrogens with zero attached hydrogens (tertiary/aromatic N) is 3. The van der Waals surface area contributed by atoms with Crippen molar-refractivity contribution in [3.8, 4) is 5.75 Å². The number of carbonyl (C=O) groups excluding carboxylic acids is 4. The lowest BCUT2D eigenvalue weighted by atomic mass is 10.1. The topological polar surface area (TPSA) is 87.2 Å². The maximum absolute atomic E-state index is 13.4. The van der Waals surface area contributed by atoms with E-state index < -0.39 is 11.7 Å². The van der Waals surface area contributed by atoms with Crippen molar-refractivity contribution in [2.75, 3.05) is 44.7 Å². The summed E-state index contributed by atoms with van der Waals surface area (Å²) in [5.74, 6) is -0.935. The number of Topliss-reactive ketones (excluding diaryl/α,β-unsaturated/α-hetero) is 1. The molecule has 0 N–H and O–H groups in total. The summed E-state index contributed by atoms with van der Waals surface area (Å²) in [6.45, 7) is 1.87. The van der Waals surface area contributed by atoms with E-state index in [0.29, 0.717) is 55.0 Å². The Kier molecular flexibility index (Phi) is 6.72. The monoisotopic (exact) mass is 497 g/mol. The maximum atomic E-state index is 13.4. The molecule has 0 aliphatic carbocycles. The lowest BCUT2D eigenvalue weighted by Gasteiger charge is -2.36. The van der Waals surface area contributed by atoms with Crippen LogP contribution in [0.5, 0.6) is 5.75 Å². The van der Waals surface area contributed by atoms with Crippen LogP contribution < -0.4 is 9.64 Å². The standard InChI is InChI=1S/C29H27N3O5/c1-37-22-10-5-7-20(19-22)13-14-32-27(34)23-11-6-12-24(25(23)28(32)35)30-15-17-31(18-16-30)29(36)26(33)21-8-3-2-4-9-21/h2-12,19H,13-18H2,1H3. The van der Waals surface area contributed by atoms with Crippen molar-refractivity contribution in [1.82, 2.24) is 9.80 Å². The molecule has 0 saturated carbocycles. The van der Waals surface area contributed by atoms with Gasteiger partial charge in [-0.05, 0) is 36.2 Å². The molecule has 0 aromatic heterocycles. The minimum atomic E-state index is -0.529. The third-order valence-electron chi connectivity index (χ3n) is 6.87. The van der Waals surface area contributed by atoms with Crippen molar-refractivity contribution in [3.63, 3.8) is 0 Å². The quantitative estimate of drug-likeness (QED) is 0.283. The van der Waals surface area contributed by atoms with Crippen molar-refractivity contribution in [2.45, 2.75) is 6.42 Å². The number of ether oxygens (including phenoxy) is 1. The zero-order valence-corrected chi connectivity index (χ0v) is 20.6. The highest BCUT2D eigenvalue weighted by Gasteiger charge is 2.39. The second-order valence-corrected chi connectivity index (χ2v) is 9.04. The highest BCUT2D eigenvalue weighted by Crippen LogP contribution is 2.32. The largest absolute Gasteiger partial charge is 0.497 e. The van der Waals surface area contributed by atoms with Gasteiger partial charge in [0.05, 0.1) is 23.9 Å². The molecule has 37 heavy (non-hydrogen) atoms. The molecule has 0 radical (unpaired) electrons. The van der Waals surface area contributed by atoms with Crippen LogP contribution >= 0.6 is 0 Å². The van der Waals surface area contributed by atoms with E-state index in [9.17, 15) is 19.2 Å². The van der Waals surface area contributed by atoms with Crippen LogP contribution in [-0.4, -0.2) is 73.1 Å². The molecule has 188 valence electrons. The van der Waals surface area contributed by atoms with Gasteiger partial charge in [0.25, 0.3) is 17.7 Å². The molecular formula is C29H27N3O5. The van der Waals surface area contributed by atoms with Gasteiger partial charge in [0, 0.05) is 38.3 Å². The molecule has 0 atom stereocenters. The first-order valence-electron chi connectivity index (χ1n) is 12.2. The Hall–Kier alpha value is -4.46. The number of methoxy groups -OCH3 is 1. The van der Waals surface area contributed by atoms with Crippen LogP contribution in [0.1, 0.15) is 36.6 Å². The first kappa shape index (κ1) is 24.2. The minimum Gasteiger partial charge on any atom is -0.497 e. The number of anilines is 1. The second-order valence-electron chi connectivity index (χ2n) is 9.04. The van der Waals surface area contributed by atoms with Crippen molar-refractivity contribution in [3.05, 3.63) is 95.1 Å². The van der Waals surface area contributed by atoms with Crippen LogP contribution in [-0.2, 0) is 11.2 Å². The Labute approximate surface area is 215 Å². The van der Waals surface area contributed by atoms with Gasteiger partial charge in [-0.15, -0.1) is 0 Å². The van der Waals surface area contributed by atoms with Gasteiger partial charge in [-0.2, -0.15) is 0 Å². The van der Waals surface area contributed by atoms with Gasteiger partial charge >= 0.3 is 0 Å². The molecule has 8 nitrogen and oxygen atoms in total. The van der Waals surface area contributed by atoms with E-state index >= 15 is 0 Å². The van der Waals surface area contributed by atoms with Crippen LogP contribution in [0.3, 0.4) is 0 Å². The van der Waals surface area contributed by atoms with Crippen LogP contribution in [0.15, 0.2) is 72.8 Å². The van der Waals surface area contributed by atoms with E-state index in [2.05, 4.69) is 0 Å². The number of imide groups is 1. The zero-order valence-electron chi connectivity index (χ0n) is 20.6. The van der Waals surface area contributed by atoms with E-state index in [4.69, 9.17) is 4.74 Å². The van der Waals surface area contributed by atoms with Crippen molar-refractivity contribution >= 4 is 29.2 Å². The van der Waals surface area contributed by atoms with Gasteiger partial charge in [-0.1, -0.05) is 48.5 Å². The third-order valence-corrected chi connectivity index (χ3v) is 6.87. The Morgan fingerprint density at radius 2 is 1.57 bits per heavy atom. The normalized spacial score (nSPS) is 15.1. The number of hydrogen-bond donors (Lipinski definition) is 0. The fourth-order valence-electron chi connectivity index (χ4n) is 4.86. The minimum absolute atomic E-state index is 0.267. The number of fused-ring (bicyclic) bond motifs is 1. The summed E-state index contributed by atoms with van der Waals surface area (Å²) in [5.41, 5.74) is 2.82. The number of ketones is 1. The molecular weight excluding hydrogens is 470 g/mol. The van der Waals surface area contributed by atoms with Gasteiger partial charge in [-0.25, -0.2) is 0 Å². The van der Waals surface area contributed by atoms with Crippen molar-refractivity contribution in [2.24, 2.45) is 0 Å². The highest BCUT2D eigenvalue weighted by molar-refractivity contribution is 6.42. The van der Waals surface area contributed by atoms with E-state index in [0.717, 1.165) is 11.3 Å². The molecule has 0 bridgehead atoms. The molecule has 2 aliphatic heterocycles. The van der Waals surface area contributed by atoms with Crippen LogP contribution in [0.4, 0.5) is 5.69 Å². The third kappa shape index (κ3) is 4.70. The van der Waals surface area contributed by atoms with E-state index in [1.54, 1.807) is 54.5 Å². The maximum Gasteiger partial charge on any atom is 0.295 e. The number of benzene rings is 3. The average molecular weight is 498 g/mol. The summed E-state index contributed by atoms with van der Waals surface area (Å²) >= 11 is 0. The van der Waals surface area contributed by atoms with Gasteiger partial charge in [0.1, 0.15) is 5.75 Å². The molecule has 8 heteroatoms. The van der Waals surface area contributed by atoms with Crippen molar-refractivity contribution < 1.29 is 23.9 Å². The summed E-state index contributed by atoms with van der Waals surface area (Å²) in [5, 5.41) is 0. The average Bonchev–Trinajstić information content (AvgIpc) is 3.20. The van der Waals surface area contributed by atoms with Gasteiger partial charge in [-0.3, -0.25) is 24.1 Å². The van der Waals surface area contributed by atoms with E-state index in [1.807, 2.05) is 35.2 Å². The fraction of sp³-hybridized carbons (Fsp3) is 0.241. The highest BCUT2D eigenvalue weighted by atomic mass is 16.5. The molecule has 1 saturated heterocycles. The number of carbonyl (C=O) groups is 4. The summed E-state index contributed by atoms with van der Waals surface area (Å²) < 4.78 is 5.26. The summed E-state index contributed by atoms with van der Waals surface area (Å²) in [6.07, 6.45) is 0.522. The predicted octanol–water partition coefficient (Wildman–Crippen LogP) is 3.07. The van der Waals surface area contributed by atoms with E-state index in [-0.39, 0.29) is 18.4 Å². The number of piperazine rings is 1. The van der Waals surface area contributed by atoms with Crippen LogP contribution in [0, 0.1) is 0 Å². The van der Waals surface area contributed by atoms with Crippen LogP contribution in [0.2, 0.25) is 0 Å². The van der Waals surface area contributed by atoms with Crippen LogP contribution in [0.25, 0.3) is 0 Å². The molecule has 2 heterocycles. The van der Waals surface area contributed by atoms with Gasteiger partial charge in [0.2, 0.25) is 5.78 Å². The number of hydrogen-bond acceptors (Lipinski definition) is 6. The van der Waals surface area contributed by atoms with E-state index in [1.165, 1.54) is 4.90 Å². The Balaban J connectivity index is 1.27. The molecule has 0 spiro atoms. The lowest BCUT2D eigenvalue weighted by molar-refractivity contribution is -0.126. The zero-order chi connectivity index (χ0) is 25.9. The Morgan fingerprint density at radius 1 is 0.838 bits per heavy atom.